The van der Waals surface area contributed by atoms with Crippen LogP contribution in [0.25, 0.3) is 0 Å². The van der Waals surface area contributed by atoms with Gasteiger partial charge in [-0.2, -0.15) is 0 Å². The highest BCUT2D eigenvalue weighted by Crippen LogP contribution is 2.14. The normalized spacial score (nSPS) is 17.3. The molecular formula is C17H26ClN3O2. The van der Waals surface area contributed by atoms with Crippen LogP contribution in [0.5, 0.6) is 0 Å². The van der Waals surface area contributed by atoms with Crippen molar-refractivity contribution in [1.82, 2.24) is 9.80 Å². The molecule has 1 aromatic carbocycles. The summed E-state index contributed by atoms with van der Waals surface area (Å²) >= 11 is 0. The molecule has 1 heterocycles. The number of likely N-dealkylation sites (tertiary alicyclic amines) is 1. The fourth-order valence-electron chi connectivity index (χ4n) is 2.83. The van der Waals surface area contributed by atoms with E-state index in [9.17, 15) is 9.59 Å². The fraction of sp³-hybridized carbons (Fsp3) is 0.529. The van der Waals surface area contributed by atoms with Crippen molar-refractivity contribution in [2.24, 2.45) is 5.73 Å². The van der Waals surface area contributed by atoms with E-state index in [4.69, 9.17) is 5.73 Å². The van der Waals surface area contributed by atoms with Gasteiger partial charge in [0.2, 0.25) is 0 Å². The Hall–Kier alpha value is -1.59. The maximum atomic E-state index is 12.4. The molecule has 1 fully saturated rings. The van der Waals surface area contributed by atoms with Crippen molar-refractivity contribution in [2.45, 2.75) is 32.7 Å². The third kappa shape index (κ3) is 4.69. The van der Waals surface area contributed by atoms with Crippen LogP contribution in [0.2, 0.25) is 0 Å². The van der Waals surface area contributed by atoms with Crippen LogP contribution in [-0.2, 0) is 0 Å². The van der Waals surface area contributed by atoms with Crippen LogP contribution in [0.4, 0.5) is 0 Å². The summed E-state index contributed by atoms with van der Waals surface area (Å²) < 4.78 is 0. The first-order valence-corrected chi connectivity index (χ1v) is 8.01. The van der Waals surface area contributed by atoms with Crippen LogP contribution in [0.1, 0.15) is 47.4 Å². The van der Waals surface area contributed by atoms with Crippen LogP contribution >= 0.6 is 12.4 Å². The number of hydrogen-bond acceptors (Lipinski definition) is 3. The molecule has 0 aromatic heterocycles. The van der Waals surface area contributed by atoms with Crippen molar-refractivity contribution < 1.29 is 9.59 Å². The summed E-state index contributed by atoms with van der Waals surface area (Å²) in [4.78, 5) is 28.3. The van der Waals surface area contributed by atoms with E-state index in [-0.39, 0.29) is 30.3 Å². The molecule has 2 rings (SSSR count). The van der Waals surface area contributed by atoms with Crippen LogP contribution < -0.4 is 5.73 Å². The van der Waals surface area contributed by atoms with Gasteiger partial charge in [0.05, 0.1) is 0 Å². The minimum Gasteiger partial charge on any atom is -0.339 e. The molecule has 0 aliphatic carbocycles. The Morgan fingerprint density at radius 1 is 1.17 bits per heavy atom. The Morgan fingerprint density at radius 2 is 1.74 bits per heavy atom. The zero-order valence-corrected chi connectivity index (χ0v) is 14.6. The van der Waals surface area contributed by atoms with E-state index in [1.807, 2.05) is 13.8 Å². The smallest absolute Gasteiger partial charge is 0.253 e. The molecule has 128 valence electrons. The van der Waals surface area contributed by atoms with Gasteiger partial charge in [0.1, 0.15) is 0 Å². The first-order valence-electron chi connectivity index (χ1n) is 8.01. The van der Waals surface area contributed by atoms with E-state index in [1.54, 1.807) is 34.1 Å². The van der Waals surface area contributed by atoms with E-state index in [0.717, 1.165) is 19.4 Å². The number of piperidine rings is 1. The minimum absolute atomic E-state index is 0. The highest BCUT2D eigenvalue weighted by Gasteiger charge is 2.22. The second kappa shape index (κ2) is 8.89. The number of nitrogens with zero attached hydrogens (tertiary/aromatic N) is 2. The lowest BCUT2D eigenvalue weighted by Crippen LogP contribution is -2.45. The molecule has 1 unspecified atom stereocenters. The van der Waals surface area contributed by atoms with Gasteiger partial charge in [-0.15, -0.1) is 12.4 Å². The number of rotatable bonds is 4. The van der Waals surface area contributed by atoms with E-state index < -0.39 is 0 Å². The second-order valence-electron chi connectivity index (χ2n) is 5.71. The quantitative estimate of drug-likeness (QED) is 0.914. The standard InChI is InChI=1S/C17H25N3O2.ClH/c1-3-19(4-2)16(21)13-7-9-14(10-8-13)17(22)20-11-5-6-15(18)12-20;/h7-10,15H,3-6,11-12,18H2,1-2H3;1H. The Bertz CT molecular complexity index is 529. The highest BCUT2D eigenvalue weighted by atomic mass is 35.5. The number of benzene rings is 1. The largest absolute Gasteiger partial charge is 0.339 e. The predicted molar refractivity (Wildman–Crippen MR) is 94.1 cm³/mol. The molecule has 0 saturated carbocycles. The van der Waals surface area contributed by atoms with Gasteiger partial charge in [-0.25, -0.2) is 0 Å². The van der Waals surface area contributed by atoms with Gasteiger partial charge in [-0.05, 0) is 51.0 Å². The van der Waals surface area contributed by atoms with Gasteiger partial charge in [-0.1, -0.05) is 0 Å². The summed E-state index contributed by atoms with van der Waals surface area (Å²) in [5, 5.41) is 0. The number of amides is 2. The summed E-state index contributed by atoms with van der Waals surface area (Å²) in [5.41, 5.74) is 7.16. The van der Waals surface area contributed by atoms with Crippen LogP contribution in [0, 0.1) is 0 Å². The third-order valence-corrected chi connectivity index (χ3v) is 4.17. The average Bonchev–Trinajstić information content (AvgIpc) is 2.55. The number of halogens is 1. The first-order chi connectivity index (χ1) is 10.6. The zero-order chi connectivity index (χ0) is 16.1. The van der Waals surface area contributed by atoms with Crippen molar-refractivity contribution in [1.29, 1.82) is 0 Å². The van der Waals surface area contributed by atoms with Gasteiger partial charge < -0.3 is 15.5 Å². The maximum Gasteiger partial charge on any atom is 0.253 e. The lowest BCUT2D eigenvalue weighted by Gasteiger charge is -2.30. The topological polar surface area (TPSA) is 66.6 Å². The Morgan fingerprint density at radius 3 is 2.26 bits per heavy atom. The summed E-state index contributed by atoms with van der Waals surface area (Å²) in [7, 11) is 0. The van der Waals surface area contributed by atoms with Gasteiger partial charge in [-0.3, -0.25) is 9.59 Å². The van der Waals surface area contributed by atoms with Crippen LogP contribution in [-0.4, -0.2) is 53.8 Å². The van der Waals surface area contributed by atoms with Gasteiger partial charge in [0.25, 0.3) is 11.8 Å². The van der Waals surface area contributed by atoms with E-state index in [1.165, 1.54) is 0 Å². The van der Waals surface area contributed by atoms with Crippen LogP contribution in [0.15, 0.2) is 24.3 Å². The molecule has 0 bridgehead atoms. The Balaban J connectivity index is 0.00000264. The average molecular weight is 340 g/mol. The predicted octanol–water partition coefficient (Wildman–Crippen LogP) is 2.15. The summed E-state index contributed by atoms with van der Waals surface area (Å²) in [5.74, 6) is 0.000909. The van der Waals surface area contributed by atoms with Crippen molar-refractivity contribution in [3.8, 4) is 0 Å². The van der Waals surface area contributed by atoms with E-state index in [2.05, 4.69) is 0 Å². The molecule has 2 amide bonds. The third-order valence-electron chi connectivity index (χ3n) is 4.17. The molecule has 6 heteroatoms. The lowest BCUT2D eigenvalue weighted by atomic mass is 10.0. The molecule has 1 aromatic rings. The monoisotopic (exact) mass is 339 g/mol. The molecule has 23 heavy (non-hydrogen) atoms. The van der Waals surface area contributed by atoms with Crippen molar-refractivity contribution in [3.63, 3.8) is 0 Å². The van der Waals surface area contributed by atoms with Gasteiger partial charge >= 0.3 is 0 Å². The lowest BCUT2D eigenvalue weighted by molar-refractivity contribution is 0.0707. The molecule has 0 spiro atoms. The molecular weight excluding hydrogens is 314 g/mol. The maximum absolute atomic E-state index is 12.4. The molecule has 0 radical (unpaired) electrons. The molecule has 1 atom stereocenters. The summed E-state index contributed by atoms with van der Waals surface area (Å²) in [6.45, 7) is 6.65. The van der Waals surface area contributed by atoms with E-state index in [0.29, 0.717) is 30.8 Å². The second-order valence-corrected chi connectivity index (χ2v) is 5.71. The number of nitrogens with two attached hydrogens (primary N) is 1. The number of carbonyl (C=O) groups is 2. The van der Waals surface area contributed by atoms with Gasteiger partial charge in [0.15, 0.2) is 0 Å². The van der Waals surface area contributed by atoms with E-state index >= 15 is 0 Å². The minimum atomic E-state index is -0.00279. The number of carbonyl (C=O) groups excluding carboxylic acids is 2. The molecule has 2 N–H and O–H groups in total. The molecule has 5 nitrogen and oxygen atoms in total. The Labute approximate surface area is 144 Å². The zero-order valence-electron chi connectivity index (χ0n) is 13.8. The fourth-order valence-corrected chi connectivity index (χ4v) is 2.83. The summed E-state index contributed by atoms with van der Waals surface area (Å²) in [6, 6.07) is 7.01. The van der Waals surface area contributed by atoms with Crippen molar-refractivity contribution in [3.05, 3.63) is 35.4 Å². The number of hydrogen-bond donors (Lipinski definition) is 1. The molecule has 1 aliphatic rings. The van der Waals surface area contributed by atoms with Crippen molar-refractivity contribution in [2.75, 3.05) is 26.2 Å². The molecule has 1 saturated heterocycles. The molecule has 1 aliphatic heterocycles. The van der Waals surface area contributed by atoms with Gasteiger partial charge in [0, 0.05) is 43.3 Å². The highest BCUT2D eigenvalue weighted by molar-refractivity contribution is 5.97. The van der Waals surface area contributed by atoms with Crippen molar-refractivity contribution >= 4 is 24.2 Å². The first kappa shape index (κ1) is 19.5. The van der Waals surface area contributed by atoms with Crippen LogP contribution in [0.3, 0.4) is 0 Å². The summed E-state index contributed by atoms with van der Waals surface area (Å²) in [6.07, 6.45) is 1.92. The Kier molecular flexibility index (Phi) is 7.52. The SMILES string of the molecule is CCN(CC)C(=O)c1ccc(C(=O)N2CCCC(N)C2)cc1.Cl.